The van der Waals surface area contributed by atoms with Gasteiger partial charge in [0, 0.05) is 32.3 Å². The van der Waals surface area contributed by atoms with Crippen LogP contribution in [-0.2, 0) is 11.8 Å². The van der Waals surface area contributed by atoms with E-state index in [1.807, 2.05) is 43.7 Å². The quantitative estimate of drug-likeness (QED) is 0.749. The second kappa shape index (κ2) is 6.88. The predicted molar refractivity (Wildman–Crippen MR) is 97.8 cm³/mol. The van der Waals surface area contributed by atoms with Crippen molar-refractivity contribution in [1.29, 1.82) is 0 Å². The lowest BCUT2D eigenvalue weighted by Crippen LogP contribution is -2.27. The largest absolute Gasteiger partial charge is 0.315 e. The third-order valence-electron chi connectivity index (χ3n) is 4.23. The normalized spacial score (nSPS) is 20.0. The highest BCUT2D eigenvalue weighted by Gasteiger charge is 2.35. The lowest BCUT2D eigenvalue weighted by molar-refractivity contribution is -0.119. The molecule has 2 N–H and O–H groups in total. The number of carbonyl (C=O) groups excluding carboxylic acids is 1. The molecule has 8 heteroatoms. The van der Waals surface area contributed by atoms with Crippen molar-refractivity contribution in [1.82, 2.24) is 20.1 Å². The molecular formula is C16H18ClN5OS. The number of fused-ring (bicyclic) bond motifs is 1. The van der Waals surface area contributed by atoms with Crippen molar-refractivity contribution in [2.45, 2.75) is 5.92 Å². The van der Waals surface area contributed by atoms with Crippen molar-refractivity contribution in [2.75, 3.05) is 18.4 Å². The van der Waals surface area contributed by atoms with Gasteiger partial charge in [0.25, 0.3) is 0 Å². The Labute approximate surface area is 149 Å². The first-order valence-electron chi connectivity index (χ1n) is 7.56. The standard InChI is InChI=1S/C16H17N5OS.ClH/c1-21-9-10(6-18-21)11-7-17-8-12(11)15(22)20-16-19-13-4-2-3-5-14(13)23-16;/h2-6,9,11-12,17H,7-8H2,1H3,(H,19,20,22);1H/t11-,12+;/m1./s1. The summed E-state index contributed by atoms with van der Waals surface area (Å²) in [6, 6.07) is 7.90. The van der Waals surface area contributed by atoms with Crippen LogP contribution in [0.3, 0.4) is 0 Å². The molecule has 6 nitrogen and oxygen atoms in total. The number of para-hydroxylation sites is 1. The number of amides is 1. The number of carbonyl (C=O) groups is 1. The van der Waals surface area contributed by atoms with Crippen LogP contribution in [-0.4, -0.2) is 33.8 Å². The summed E-state index contributed by atoms with van der Waals surface area (Å²) in [6.07, 6.45) is 3.82. The first-order chi connectivity index (χ1) is 11.2. The Bertz CT molecular complexity index is 828. The molecule has 1 aliphatic rings. The van der Waals surface area contributed by atoms with Gasteiger partial charge in [0.05, 0.1) is 22.3 Å². The minimum absolute atomic E-state index is 0. The zero-order valence-electron chi connectivity index (χ0n) is 13.1. The number of anilines is 1. The Morgan fingerprint density at radius 1 is 1.38 bits per heavy atom. The molecule has 0 spiro atoms. The average Bonchev–Trinajstić information content (AvgIpc) is 3.24. The van der Waals surface area contributed by atoms with Crippen LogP contribution in [0.2, 0.25) is 0 Å². The van der Waals surface area contributed by atoms with E-state index < -0.39 is 0 Å². The van der Waals surface area contributed by atoms with Gasteiger partial charge < -0.3 is 10.6 Å². The summed E-state index contributed by atoms with van der Waals surface area (Å²) >= 11 is 1.51. The van der Waals surface area contributed by atoms with E-state index in [-0.39, 0.29) is 30.2 Å². The Balaban J connectivity index is 0.00000169. The second-order valence-corrected chi connectivity index (χ2v) is 6.83. The topological polar surface area (TPSA) is 71.8 Å². The number of nitrogens with zero attached hydrogens (tertiary/aromatic N) is 3. The van der Waals surface area contributed by atoms with E-state index in [2.05, 4.69) is 20.7 Å². The summed E-state index contributed by atoms with van der Waals surface area (Å²) in [5, 5.41) is 11.2. The maximum Gasteiger partial charge on any atom is 0.231 e. The monoisotopic (exact) mass is 363 g/mol. The van der Waals surface area contributed by atoms with Crippen LogP contribution in [0.1, 0.15) is 11.5 Å². The number of aromatic nitrogens is 3. The van der Waals surface area contributed by atoms with Gasteiger partial charge in [-0.3, -0.25) is 9.48 Å². The molecule has 1 aromatic carbocycles. The third kappa shape index (κ3) is 3.15. The van der Waals surface area contributed by atoms with Gasteiger partial charge in [-0.25, -0.2) is 4.98 Å². The van der Waals surface area contributed by atoms with Crippen LogP contribution >= 0.6 is 23.7 Å². The molecule has 126 valence electrons. The molecule has 0 unspecified atom stereocenters. The highest BCUT2D eigenvalue weighted by atomic mass is 35.5. The van der Waals surface area contributed by atoms with Crippen molar-refractivity contribution in [3.8, 4) is 0 Å². The van der Waals surface area contributed by atoms with Gasteiger partial charge in [0.2, 0.25) is 5.91 Å². The van der Waals surface area contributed by atoms with E-state index in [4.69, 9.17) is 0 Å². The molecule has 2 atom stereocenters. The summed E-state index contributed by atoms with van der Waals surface area (Å²) in [5.74, 6) is 0.0622. The minimum atomic E-state index is -0.105. The molecule has 0 bridgehead atoms. The molecule has 24 heavy (non-hydrogen) atoms. The molecule has 1 fully saturated rings. The molecule has 4 rings (SSSR count). The van der Waals surface area contributed by atoms with Gasteiger partial charge in [-0.1, -0.05) is 23.5 Å². The van der Waals surface area contributed by atoms with E-state index >= 15 is 0 Å². The molecule has 0 radical (unpaired) electrons. The third-order valence-corrected chi connectivity index (χ3v) is 5.18. The maximum atomic E-state index is 12.7. The first kappa shape index (κ1) is 16.9. The van der Waals surface area contributed by atoms with E-state index in [1.54, 1.807) is 4.68 Å². The van der Waals surface area contributed by atoms with Gasteiger partial charge in [0.15, 0.2) is 5.13 Å². The number of halogens is 1. The van der Waals surface area contributed by atoms with Crippen molar-refractivity contribution >= 4 is 45.0 Å². The highest BCUT2D eigenvalue weighted by Crippen LogP contribution is 2.30. The summed E-state index contributed by atoms with van der Waals surface area (Å²) in [6.45, 7) is 1.47. The Morgan fingerprint density at radius 3 is 2.96 bits per heavy atom. The summed E-state index contributed by atoms with van der Waals surface area (Å²) < 4.78 is 2.85. The van der Waals surface area contributed by atoms with Gasteiger partial charge in [-0.05, 0) is 17.7 Å². The SMILES string of the molecule is Cl.Cn1cc([C@H]2CNC[C@@H]2C(=O)Nc2nc3ccccc3s2)cn1. The lowest BCUT2D eigenvalue weighted by Gasteiger charge is -2.15. The molecule has 3 heterocycles. The first-order valence-corrected chi connectivity index (χ1v) is 8.38. The molecule has 1 saturated heterocycles. The predicted octanol–water partition coefficient (Wildman–Crippen LogP) is 2.39. The number of thiazole rings is 1. The van der Waals surface area contributed by atoms with E-state index in [0.717, 1.165) is 22.3 Å². The van der Waals surface area contributed by atoms with Crippen LogP contribution in [0, 0.1) is 5.92 Å². The fraction of sp³-hybridized carbons (Fsp3) is 0.312. The number of hydrogen-bond donors (Lipinski definition) is 2. The summed E-state index contributed by atoms with van der Waals surface area (Å²) in [4.78, 5) is 17.1. The smallest absolute Gasteiger partial charge is 0.231 e. The van der Waals surface area contributed by atoms with Crippen molar-refractivity contribution in [2.24, 2.45) is 13.0 Å². The van der Waals surface area contributed by atoms with Crippen LogP contribution in [0.5, 0.6) is 0 Å². The number of benzene rings is 1. The summed E-state index contributed by atoms with van der Waals surface area (Å²) in [7, 11) is 1.89. The Morgan fingerprint density at radius 2 is 2.21 bits per heavy atom. The lowest BCUT2D eigenvalue weighted by atomic mass is 9.90. The van der Waals surface area contributed by atoms with E-state index in [9.17, 15) is 4.79 Å². The zero-order valence-corrected chi connectivity index (χ0v) is 14.7. The van der Waals surface area contributed by atoms with Crippen LogP contribution < -0.4 is 10.6 Å². The molecule has 0 saturated carbocycles. The molecule has 3 aromatic rings. The Kier molecular flexibility index (Phi) is 4.84. The Hall–Kier alpha value is -1.96. The van der Waals surface area contributed by atoms with Gasteiger partial charge in [0.1, 0.15) is 0 Å². The molecule has 1 amide bonds. The van der Waals surface area contributed by atoms with Crippen molar-refractivity contribution in [3.63, 3.8) is 0 Å². The fourth-order valence-corrected chi connectivity index (χ4v) is 3.93. The number of rotatable bonds is 3. The van der Waals surface area contributed by atoms with Crippen LogP contribution in [0.15, 0.2) is 36.7 Å². The van der Waals surface area contributed by atoms with Crippen LogP contribution in [0.4, 0.5) is 5.13 Å². The van der Waals surface area contributed by atoms with Gasteiger partial charge in [-0.15, -0.1) is 12.4 Å². The van der Waals surface area contributed by atoms with E-state index in [1.165, 1.54) is 11.3 Å². The maximum absolute atomic E-state index is 12.7. The molecular weight excluding hydrogens is 346 g/mol. The number of aryl methyl sites for hydroxylation is 1. The van der Waals surface area contributed by atoms with Crippen molar-refractivity contribution < 1.29 is 4.79 Å². The zero-order chi connectivity index (χ0) is 15.8. The average molecular weight is 364 g/mol. The molecule has 1 aliphatic heterocycles. The number of hydrogen-bond acceptors (Lipinski definition) is 5. The second-order valence-electron chi connectivity index (χ2n) is 5.79. The molecule has 2 aromatic heterocycles. The van der Waals surface area contributed by atoms with Crippen molar-refractivity contribution in [3.05, 3.63) is 42.2 Å². The van der Waals surface area contributed by atoms with E-state index in [0.29, 0.717) is 11.7 Å². The van der Waals surface area contributed by atoms with Crippen LogP contribution in [0.25, 0.3) is 10.2 Å². The number of nitrogens with one attached hydrogen (secondary N) is 2. The fourth-order valence-electron chi connectivity index (χ4n) is 3.06. The van der Waals surface area contributed by atoms with Gasteiger partial charge >= 0.3 is 0 Å². The highest BCUT2D eigenvalue weighted by molar-refractivity contribution is 7.22. The molecule has 0 aliphatic carbocycles. The summed E-state index contributed by atoms with van der Waals surface area (Å²) in [5.41, 5.74) is 2.02. The van der Waals surface area contributed by atoms with Gasteiger partial charge in [-0.2, -0.15) is 5.10 Å². The minimum Gasteiger partial charge on any atom is -0.315 e.